The molecule has 2 aromatic rings. The molecule has 0 spiro atoms. The molecule has 0 saturated heterocycles. The molecule has 12 heavy (non-hydrogen) atoms. The monoisotopic (exact) mass is 225 g/mol. The number of nitrogens with one attached hydrogen (secondary N) is 1. The van der Waals surface area contributed by atoms with Gasteiger partial charge in [0.1, 0.15) is 5.52 Å². The summed E-state index contributed by atoms with van der Waals surface area (Å²) in [6.07, 6.45) is 1.65. The lowest BCUT2D eigenvalue weighted by Crippen LogP contribution is -1.92. The molecular weight excluding hydrogens is 218 g/mol. The van der Waals surface area contributed by atoms with E-state index >= 15 is 0 Å². The number of nitrogens with zero attached hydrogens (tertiary/aromatic N) is 1. The Hall–Kier alpha value is -1.03. The average Bonchev–Trinajstić information content (AvgIpc) is 2.53. The standard InChI is InChI=1S/C8H8BrN3/c9-3-5-1-2-6-8(7(5)10)12-4-11-6/h1-2,4H,3,10H2,(H,11,12). The van der Waals surface area contributed by atoms with Crippen LogP contribution in [0.1, 0.15) is 5.56 Å². The Bertz CT molecular complexity index is 408. The predicted molar refractivity (Wildman–Crippen MR) is 53.1 cm³/mol. The van der Waals surface area contributed by atoms with Crippen LogP contribution in [0.25, 0.3) is 11.0 Å². The number of halogens is 1. The van der Waals surface area contributed by atoms with Crippen molar-refractivity contribution in [2.24, 2.45) is 0 Å². The number of imidazole rings is 1. The highest BCUT2D eigenvalue weighted by Crippen LogP contribution is 2.23. The fourth-order valence-electron chi connectivity index (χ4n) is 1.19. The first kappa shape index (κ1) is 7.61. The van der Waals surface area contributed by atoms with Crippen molar-refractivity contribution in [3.8, 4) is 0 Å². The number of rotatable bonds is 1. The van der Waals surface area contributed by atoms with Crippen molar-refractivity contribution >= 4 is 32.7 Å². The molecule has 62 valence electrons. The summed E-state index contributed by atoms with van der Waals surface area (Å²) in [6.45, 7) is 0. The third kappa shape index (κ3) is 0.992. The van der Waals surface area contributed by atoms with Gasteiger partial charge in [-0.3, -0.25) is 0 Å². The predicted octanol–water partition coefficient (Wildman–Crippen LogP) is 2.04. The van der Waals surface area contributed by atoms with Gasteiger partial charge in [-0.25, -0.2) is 4.98 Å². The van der Waals surface area contributed by atoms with Gasteiger partial charge in [-0.2, -0.15) is 0 Å². The van der Waals surface area contributed by atoms with Crippen LogP contribution in [0.3, 0.4) is 0 Å². The van der Waals surface area contributed by atoms with Gasteiger partial charge in [0.15, 0.2) is 0 Å². The second-order valence-corrected chi connectivity index (χ2v) is 3.13. The molecule has 0 amide bonds. The number of aromatic nitrogens is 2. The van der Waals surface area contributed by atoms with Gasteiger partial charge in [-0.05, 0) is 11.6 Å². The minimum Gasteiger partial charge on any atom is -0.397 e. The molecule has 1 heterocycles. The van der Waals surface area contributed by atoms with Crippen molar-refractivity contribution in [3.05, 3.63) is 24.0 Å². The molecule has 0 unspecified atom stereocenters. The topological polar surface area (TPSA) is 54.7 Å². The van der Waals surface area contributed by atoms with E-state index in [4.69, 9.17) is 5.73 Å². The summed E-state index contributed by atoms with van der Waals surface area (Å²) in [4.78, 5) is 7.13. The number of anilines is 1. The molecule has 0 aliphatic heterocycles. The van der Waals surface area contributed by atoms with Crippen molar-refractivity contribution in [1.29, 1.82) is 0 Å². The van der Waals surface area contributed by atoms with Gasteiger partial charge in [-0.1, -0.05) is 22.0 Å². The van der Waals surface area contributed by atoms with Crippen LogP contribution in [0.2, 0.25) is 0 Å². The fourth-order valence-corrected chi connectivity index (χ4v) is 1.68. The minimum atomic E-state index is 0.755. The normalized spacial score (nSPS) is 10.8. The summed E-state index contributed by atoms with van der Waals surface area (Å²) in [7, 11) is 0. The minimum absolute atomic E-state index is 0.755. The van der Waals surface area contributed by atoms with Gasteiger partial charge in [0.25, 0.3) is 0 Å². The van der Waals surface area contributed by atoms with E-state index < -0.39 is 0 Å². The quantitative estimate of drug-likeness (QED) is 0.577. The van der Waals surface area contributed by atoms with Gasteiger partial charge < -0.3 is 10.7 Å². The molecule has 0 aliphatic carbocycles. The average molecular weight is 226 g/mol. The molecule has 4 heteroatoms. The van der Waals surface area contributed by atoms with Crippen LogP contribution in [-0.2, 0) is 5.33 Å². The highest BCUT2D eigenvalue weighted by Gasteiger charge is 2.04. The van der Waals surface area contributed by atoms with Crippen LogP contribution in [0.5, 0.6) is 0 Å². The van der Waals surface area contributed by atoms with Crippen molar-refractivity contribution in [2.45, 2.75) is 5.33 Å². The Kier molecular flexibility index (Phi) is 1.77. The van der Waals surface area contributed by atoms with Crippen molar-refractivity contribution < 1.29 is 0 Å². The van der Waals surface area contributed by atoms with Crippen LogP contribution in [0.4, 0.5) is 5.69 Å². The lowest BCUT2D eigenvalue weighted by molar-refractivity contribution is 1.34. The van der Waals surface area contributed by atoms with Gasteiger partial charge in [0.05, 0.1) is 17.5 Å². The molecule has 3 N–H and O–H groups in total. The molecule has 0 aliphatic rings. The maximum Gasteiger partial charge on any atom is 0.111 e. The maximum absolute atomic E-state index is 5.86. The number of nitrogen functional groups attached to an aromatic ring is 1. The molecule has 1 aromatic carbocycles. The maximum atomic E-state index is 5.86. The molecule has 0 atom stereocenters. The largest absolute Gasteiger partial charge is 0.397 e. The highest BCUT2D eigenvalue weighted by molar-refractivity contribution is 9.08. The first-order valence-electron chi connectivity index (χ1n) is 3.59. The van der Waals surface area contributed by atoms with Gasteiger partial charge >= 0.3 is 0 Å². The van der Waals surface area contributed by atoms with Crippen LogP contribution >= 0.6 is 15.9 Å². The number of aromatic amines is 1. The Morgan fingerprint density at radius 3 is 3.08 bits per heavy atom. The Labute approximate surface area is 78.1 Å². The van der Waals surface area contributed by atoms with Crippen LogP contribution in [-0.4, -0.2) is 9.97 Å². The van der Waals surface area contributed by atoms with E-state index in [1.807, 2.05) is 12.1 Å². The lowest BCUT2D eigenvalue weighted by Gasteiger charge is -2.00. The zero-order valence-electron chi connectivity index (χ0n) is 6.34. The zero-order valence-corrected chi connectivity index (χ0v) is 7.93. The third-order valence-electron chi connectivity index (χ3n) is 1.87. The molecule has 2 rings (SSSR count). The first-order valence-corrected chi connectivity index (χ1v) is 4.71. The number of nitrogens with two attached hydrogens (primary N) is 1. The highest BCUT2D eigenvalue weighted by atomic mass is 79.9. The van der Waals surface area contributed by atoms with E-state index in [0.29, 0.717) is 0 Å². The number of hydrogen-bond donors (Lipinski definition) is 2. The summed E-state index contributed by atoms with van der Waals surface area (Å²) < 4.78 is 0. The van der Waals surface area contributed by atoms with E-state index in [-0.39, 0.29) is 0 Å². The number of hydrogen-bond acceptors (Lipinski definition) is 2. The summed E-state index contributed by atoms with van der Waals surface area (Å²) in [5.41, 5.74) is 9.53. The summed E-state index contributed by atoms with van der Waals surface area (Å²) >= 11 is 3.36. The second-order valence-electron chi connectivity index (χ2n) is 2.57. The van der Waals surface area contributed by atoms with Gasteiger partial charge in [-0.15, -0.1) is 0 Å². The fraction of sp³-hybridized carbons (Fsp3) is 0.125. The molecular formula is C8H8BrN3. The second kappa shape index (κ2) is 2.79. The molecule has 0 saturated carbocycles. The van der Waals surface area contributed by atoms with E-state index in [1.165, 1.54) is 0 Å². The number of benzene rings is 1. The van der Waals surface area contributed by atoms with E-state index in [9.17, 15) is 0 Å². The Morgan fingerprint density at radius 2 is 2.33 bits per heavy atom. The summed E-state index contributed by atoms with van der Waals surface area (Å²) in [6, 6.07) is 3.97. The van der Waals surface area contributed by atoms with E-state index in [2.05, 4.69) is 25.9 Å². The van der Waals surface area contributed by atoms with Crippen molar-refractivity contribution in [2.75, 3.05) is 5.73 Å². The molecule has 1 aromatic heterocycles. The van der Waals surface area contributed by atoms with Crippen LogP contribution < -0.4 is 5.73 Å². The first-order chi connectivity index (χ1) is 5.83. The zero-order chi connectivity index (χ0) is 8.55. The molecule has 3 nitrogen and oxygen atoms in total. The van der Waals surface area contributed by atoms with Crippen LogP contribution in [0, 0.1) is 0 Å². The number of H-pyrrole nitrogens is 1. The summed E-state index contributed by atoms with van der Waals surface area (Å²) in [5, 5.41) is 0.766. The Morgan fingerprint density at radius 1 is 1.50 bits per heavy atom. The van der Waals surface area contributed by atoms with Crippen molar-refractivity contribution in [3.63, 3.8) is 0 Å². The number of fused-ring (bicyclic) bond motifs is 1. The molecule has 0 bridgehead atoms. The van der Waals surface area contributed by atoms with Crippen molar-refractivity contribution in [1.82, 2.24) is 9.97 Å². The SMILES string of the molecule is Nc1c(CBr)ccc2[nH]cnc12. The van der Waals surface area contributed by atoms with E-state index in [0.717, 1.165) is 27.6 Å². The lowest BCUT2D eigenvalue weighted by atomic mass is 10.2. The molecule has 0 radical (unpaired) electrons. The molecule has 0 fully saturated rings. The third-order valence-corrected chi connectivity index (χ3v) is 2.47. The van der Waals surface area contributed by atoms with Gasteiger partial charge in [0.2, 0.25) is 0 Å². The van der Waals surface area contributed by atoms with Crippen LogP contribution in [0.15, 0.2) is 18.5 Å². The van der Waals surface area contributed by atoms with E-state index in [1.54, 1.807) is 6.33 Å². The summed E-state index contributed by atoms with van der Waals surface area (Å²) in [5.74, 6) is 0. The van der Waals surface area contributed by atoms with Gasteiger partial charge in [0, 0.05) is 5.33 Å². The Balaban J connectivity index is 2.78. The smallest absolute Gasteiger partial charge is 0.111 e. The number of alkyl halides is 1.